The Morgan fingerprint density at radius 2 is 1.82 bits per heavy atom. The molecular weight excluding hydrogens is 352 g/mol. The summed E-state index contributed by atoms with van der Waals surface area (Å²) in [6.45, 7) is 0.182. The van der Waals surface area contributed by atoms with Crippen LogP contribution in [0.2, 0.25) is 0 Å². The van der Waals surface area contributed by atoms with E-state index in [1.165, 1.54) is 0 Å². The summed E-state index contributed by atoms with van der Waals surface area (Å²) in [7, 11) is 1.86. The Morgan fingerprint density at radius 1 is 1.00 bits per heavy atom. The molecule has 0 bridgehead atoms. The highest BCUT2D eigenvalue weighted by molar-refractivity contribution is 5.88. The molecule has 0 aliphatic heterocycles. The molecule has 142 valence electrons. The Hall–Kier alpha value is -3.60. The summed E-state index contributed by atoms with van der Waals surface area (Å²) in [6.07, 6.45) is 3.60. The summed E-state index contributed by atoms with van der Waals surface area (Å²) >= 11 is 0. The van der Waals surface area contributed by atoms with E-state index in [0.29, 0.717) is 5.56 Å². The lowest BCUT2D eigenvalue weighted by Gasteiger charge is -2.04. The van der Waals surface area contributed by atoms with Crippen molar-refractivity contribution in [2.45, 2.75) is 14.0 Å². The number of para-hydroxylation sites is 1. The zero-order chi connectivity index (χ0) is 18.6. The number of nitrogens with one attached hydrogen (secondary N) is 1. The van der Waals surface area contributed by atoms with Crippen LogP contribution >= 0.6 is 0 Å². The second-order valence-electron chi connectivity index (χ2n) is 6.29. The Balaban J connectivity index is 0.00000225. The highest BCUT2D eigenvalue weighted by Crippen LogP contribution is 2.26. The number of carbonyl (C=O) groups excluding carboxylic acids is 1. The van der Waals surface area contributed by atoms with Gasteiger partial charge in [0.25, 0.3) is 0 Å². The molecule has 0 aliphatic rings. The molecule has 2 aromatic heterocycles. The number of aromatic amines is 1. The molecule has 0 spiro atoms. The van der Waals surface area contributed by atoms with Gasteiger partial charge in [-0.25, -0.2) is 9.36 Å². The van der Waals surface area contributed by atoms with Crippen molar-refractivity contribution in [3.63, 3.8) is 0 Å². The van der Waals surface area contributed by atoms with Crippen molar-refractivity contribution in [2.24, 2.45) is 7.05 Å². The zero-order valence-corrected chi connectivity index (χ0v) is 14.9. The van der Waals surface area contributed by atoms with Crippen LogP contribution in [-0.2, 0) is 18.4 Å². The first-order chi connectivity index (χ1) is 13.2. The molecule has 4 rings (SSSR count). The van der Waals surface area contributed by atoms with E-state index in [-0.39, 0.29) is 20.0 Å². The topological polar surface area (TPSA) is 55.2 Å². The fourth-order valence-corrected chi connectivity index (χ4v) is 2.87. The molecule has 1 N–H and O–H groups in total. The van der Waals surface area contributed by atoms with Crippen LogP contribution < -0.4 is 9.30 Å². The van der Waals surface area contributed by atoms with Gasteiger partial charge in [-0.1, -0.05) is 25.6 Å². The number of nitrogens with zero attached hydrogens (tertiary/aromatic N) is 1. The van der Waals surface area contributed by atoms with Crippen LogP contribution in [0.15, 0.2) is 79.1 Å². The predicted molar refractivity (Wildman–Crippen MR) is 108 cm³/mol. The number of ether oxygens (including phenoxy) is 2. The summed E-state index contributed by atoms with van der Waals surface area (Å²) in [5.41, 5.74) is 2.32. The van der Waals surface area contributed by atoms with E-state index in [0.717, 1.165) is 28.1 Å². The third kappa shape index (κ3) is 4.38. The number of aromatic nitrogens is 2. The van der Waals surface area contributed by atoms with Crippen LogP contribution in [0, 0.1) is 0 Å². The van der Waals surface area contributed by atoms with Crippen molar-refractivity contribution in [3.05, 3.63) is 90.4 Å². The minimum absolute atomic E-state index is 0. The molecule has 28 heavy (non-hydrogen) atoms. The monoisotopic (exact) mass is 375 g/mol. The van der Waals surface area contributed by atoms with Crippen molar-refractivity contribution in [3.8, 4) is 11.5 Å². The van der Waals surface area contributed by atoms with Crippen molar-refractivity contribution >= 4 is 16.9 Å². The van der Waals surface area contributed by atoms with Crippen molar-refractivity contribution in [1.29, 1.82) is 0 Å². The van der Waals surface area contributed by atoms with Crippen molar-refractivity contribution < 1.29 is 18.8 Å². The zero-order valence-electron chi connectivity index (χ0n) is 14.9. The van der Waals surface area contributed by atoms with Crippen LogP contribution in [0.1, 0.15) is 23.5 Å². The van der Waals surface area contributed by atoms with Gasteiger partial charge >= 0.3 is 5.97 Å². The molecule has 2 aromatic carbocycles. The molecular formula is C23H23N2O3+. The number of rotatable bonds is 5. The minimum atomic E-state index is -0.349. The molecule has 0 saturated heterocycles. The smallest absolute Gasteiger partial charge is 0.344 e. The summed E-state index contributed by atoms with van der Waals surface area (Å²) in [6, 6.07) is 21.0. The van der Waals surface area contributed by atoms with Gasteiger partial charge in [-0.3, -0.25) is 0 Å². The molecule has 0 atom stereocenters. The van der Waals surface area contributed by atoms with Gasteiger partial charge in [-0.15, -0.1) is 0 Å². The fraction of sp³-hybridized carbons (Fsp3) is 0.130. The number of benzene rings is 2. The van der Waals surface area contributed by atoms with Crippen LogP contribution in [-0.4, -0.2) is 11.0 Å². The molecule has 0 radical (unpaired) electrons. The maximum Gasteiger partial charge on any atom is 0.344 e. The molecule has 5 heteroatoms. The molecule has 0 saturated carbocycles. The number of pyridine rings is 1. The maximum atomic E-state index is 12.2. The Labute approximate surface area is 164 Å². The Kier molecular flexibility index (Phi) is 5.75. The van der Waals surface area contributed by atoms with Gasteiger partial charge in [-0.2, -0.15) is 0 Å². The average Bonchev–Trinajstić information content (AvgIpc) is 3.09. The number of hydrogen-bond acceptors (Lipinski definition) is 3. The number of fused-ring (bicyclic) bond motifs is 1. The van der Waals surface area contributed by atoms with Gasteiger partial charge < -0.3 is 14.5 Å². The van der Waals surface area contributed by atoms with Gasteiger partial charge in [-0.05, 0) is 42.5 Å². The third-order valence-electron chi connectivity index (χ3n) is 4.16. The van der Waals surface area contributed by atoms with E-state index >= 15 is 0 Å². The SMILES string of the molecule is C.C[n+]1cccc(C(=O)OCc2cc3cc(Oc4ccccc4)ccc3[nH]2)c1. The lowest BCUT2D eigenvalue weighted by Crippen LogP contribution is -2.28. The summed E-state index contributed by atoms with van der Waals surface area (Å²) < 4.78 is 13.1. The lowest BCUT2D eigenvalue weighted by atomic mass is 10.2. The van der Waals surface area contributed by atoms with Crippen LogP contribution in [0.4, 0.5) is 0 Å². The van der Waals surface area contributed by atoms with Gasteiger partial charge in [0, 0.05) is 17.0 Å². The molecule has 5 nitrogen and oxygen atoms in total. The molecule has 0 amide bonds. The summed E-state index contributed by atoms with van der Waals surface area (Å²) in [5, 5.41) is 1.00. The lowest BCUT2D eigenvalue weighted by molar-refractivity contribution is -0.671. The highest BCUT2D eigenvalue weighted by atomic mass is 16.5. The first-order valence-corrected chi connectivity index (χ1v) is 8.64. The van der Waals surface area contributed by atoms with Gasteiger partial charge in [0.1, 0.15) is 30.7 Å². The van der Waals surface area contributed by atoms with Gasteiger partial charge in [0.2, 0.25) is 0 Å². The largest absolute Gasteiger partial charge is 0.457 e. The average molecular weight is 375 g/mol. The molecule has 0 aliphatic carbocycles. The quantitative estimate of drug-likeness (QED) is 0.403. The maximum absolute atomic E-state index is 12.2. The van der Waals surface area contributed by atoms with Crippen LogP contribution in [0.3, 0.4) is 0 Å². The molecule has 0 fully saturated rings. The van der Waals surface area contributed by atoms with Gasteiger partial charge in [0.05, 0.1) is 5.69 Å². The highest BCUT2D eigenvalue weighted by Gasteiger charge is 2.12. The number of hydrogen-bond donors (Lipinski definition) is 1. The molecule has 4 aromatic rings. The first kappa shape index (κ1) is 19.2. The van der Waals surface area contributed by atoms with Gasteiger partial charge in [0.15, 0.2) is 12.4 Å². The van der Waals surface area contributed by atoms with E-state index in [1.807, 2.05) is 78.5 Å². The van der Waals surface area contributed by atoms with Crippen LogP contribution in [0.25, 0.3) is 10.9 Å². The van der Waals surface area contributed by atoms with Crippen molar-refractivity contribution in [2.75, 3.05) is 0 Å². The van der Waals surface area contributed by atoms with Crippen LogP contribution in [0.5, 0.6) is 11.5 Å². The second-order valence-corrected chi connectivity index (χ2v) is 6.29. The van der Waals surface area contributed by atoms with E-state index in [2.05, 4.69) is 4.98 Å². The van der Waals surface area contributed by atoms with E-state index in [9.17, 15) is 4.79 Å². The summed E-state index contributed by atoms with van der Waals surface area (Å²) in [5.74, 6) is 1.20. The van der Waals surface area contributed by atoms with E-state index < -0.39 is 0 Å². The standard InChI is InChI=1S/C22H19N2O3.CH4/c1-24-11-5-6-16(14-24)22(25)26-15-18-12-17-13-20(9-10-21(17)23-18)27-19-7-3-2-4-8-19;/h2-14,23H,15H2,1H3;1H4/q+1;. The molecule has 2 heterocycles. The second kappa shape index (κ2) is 8.39. The third-order valence-corrected chi connectivity index (χ3v) is 4.16. The number of carbonyl (C=O) groups is 1. The number of esters is 1. The molecule has 0 unspecified atom stereocenters. The Morgan fingerprint density at radius 3 is 2.61 bits per heavy atom. The minimum Gasteiger partial charge on any atom is -0.457 e. The number of H-pyrrole nitrogens is 1. The predicted octanol–water partition coefficient (Wildman–Crippen LogP) is 4.78. The normalized spacial score (nSPS) is 10.3. The van der Waals surface area contributed by atoms with E-state index in [1.54, 1.807) is 12.3 Å². The van der Waals surface area contributed by atoms with E-state index in [4.69, 9.17) is 9.47 Å². The Bertz CT molecular complexity index is 1090. The first-order valence-electron chi connectivity index (χ1n) is 8.64. The number of aryl methyl sites for hydroxylation is 1. The van der Waals surface area contributed by atoms with Crippen molar-refractivity contribution in [1.82, 2.24) is 4.98 Å². The summed E-state index contributed by atoms with van der Waals surface area (Å²) in [4.78, 5) is 15.4. The fourth-order valence-electron chi connectivity index (χ4n) is 2.87.